The molecule has 0 aromatic heterocycles. The van der Waals surface area contributed by atoms with E-state index >= 15 is 0 Å². The molecule has 0 saturated carbocycles. The van der Waals surface area contributed by atoms with E-state index in [0.717, 1.165) is 36.9 Å². The van der Waals surface area contributed by atoms with Gasteiger partial charge in [-0.15, -0.1) is 0 Å². The van der Waals surface area contributed by atoms with Crippen LogP contribution in [0.2, 0.25) is 0 Å². The van der Waals surface area contributed by atoms with E-state index in [1.807, 2.05) is 6.20 Å². The molecule has 0 amide bonds. The molecular weight excluding hydrogens is 280 g/mol. The molecule has 2 nitrogen and oxygen atoms in total. The maximum absolute atomic E-state index is 6.35. The minimum Gasteiger partial charge on any atom is -0.397 e. The van der Waals surface area contributed by atoms with Gasteiger partial charge >= 0.3 is 0 Å². The highest BCUT2D eigenvalue weighted by molar-refractivity contribution is 5.65. The summed E-state index contributed by atoms with van der Waals surface area (Å²) in [5.41, 5.74) is 12.2. The van der Waals surface area contributed by atoms with Crippen LogP contribution in [0.3, 0.4) is 0 Å². The minimum atomic E-state index is 0.634. The smallest absolute Gasteiger partial charge is 0.0553 e. The van der Waals surface area contributed by atoms with Crippen LogP contribution in [0.1, 0.15) is 57.6 Å². The quantitative estimate of drug-likeness (QED) is 0.732. The van der Waals surface area contributed by atoms with Gasteiger partial charge in [0.1, 0.15) is 0 Å². The summed E-state index contributed by atoms with van der Waals surface area (Å²) >= 11 is 0. The van der Waals surface area contributed by atoms with Crippen LogP contribution in [0.4, 0.5) is 0 Å². The maximum Gasteiger partial charge on any atom is 0.0553 e. The zero-order valence-electron chi connectivity index (χ0n) is 14.7. The second-order valence-corrected chi connectivity index (χ2v) is 6.22. The number of nitrogens with two attached hydrogens (primary N) is 1. The van der Waals surface area contributed by atoms with E-state index in [-0.39, 0.29) is 0 Å². The first-order chi connectivity index (χ1) is 11.2. The Hall–Kier alpha value is -1.96. The molecule has 1 aromatic rings. The molecule has 2 heteroatoms. The summed E-state index contributed by atoms with van der Waals surface area (Å²) in [6.07, 6.45) is 12.3. The van der Waals surface area contributed by atoms with Gasteiger partial charge in [-0.05, 0) is 42.7 Å². The van der Waals surface area contributed by atoms with Crippen molar-refractivity contribution in [2.75, 3.05) is 0 Å². The maximum atomic E-state index is 6.35. The van der Waals surface area contributed by atoms with Crippen LogP contribution in [0, 0.1) is 5.92 Å². The van der Waals surface area contributed by atoms with Crippen LogP contribution in [0.15, 0.2) is 53.9 Å². The van der Waals surface area contributed by atoms with Crippen molar-refractivity contribution in [3.05, 3.63) is 65.0 Å². The van der Waals surface area contributed by atoms with Crippen molar-refractivity contribution in [1.82, 2.24) is 5.32 Å². The van der Waals surface area contributed by atoms with Gasteiger partial charge in [-0.25, -0.2) is 0 Å². The molecule has 23 heavy (non-hydrogen) atoms. The SMILES string of the molecule is CCCc1ccccc1/C(N)=C/NC1=CC(CC)CC=C1CC. The summed E-state index contributed by atoms with van der Waals surface area (Å²) in [7, 11) is 0. The summed E-state index contributed by atoms with van der Waals surface area (Å²) in [5, 5.41) is 3.46. The van der Waals surface area contributed by atoms with E-state index in [9.17, 15) is 0 Å². The number of nitrogens with one attached hydrogen (secondary N) is 1. The zero-order chi connectivity index (χ0) is 16.7. The highest BCUT2D eigenvalue weighted by Gasteiger charge is 2.13. The molecule has 1 atom stereocenters. The van der Waals surface area contributed by atoms with E-state index in [4.69, 9.17) is 5.73 Å². The molecule has 124 valence electrons. The van der Waals surface area contributed by atoms with Crippen molar-refractivity contribution in [2.45, 2.75) is 52.9 Å². The topological polar surface area (TPSA) is 38.0 Å². The Morgan fingerprint density at radius 3 is 2.74 bits per heavy atom. The Labute approximate surface area is 141 Å². The fourth-order valence-electron chi connectivity index (χ4n) is 3.10. The van der Waals surface area contributed by atoms with Gasteiger partial charge in [-0.3, -0.25) is 0 Å². The van der Waals surface area contributed by atoms with Gasteiger partial charge in [0, 0.05) is 17.5 Å². The summed E-state index contributed by atoms with van der Waals surface area (Å²) in [5.74, 6) is 0.634. The Balaban J connectivity index is 2.18. The fraction of sp³-hybridized carbons (Fsp3) is 0.429. The van der Waals surface area contributed by atoms with Crippen molar-refractivity contribution in [2.24, 2.45) is 11.7 Å². The first kappa shape index (κ1) is 17.4. The molecule has 0 aliphatic heterocycles. The van der Waals surface area contributed by atoms with E-state index in [1.54, 1.807) is 0 Å². The minimum absolute atomic E-state index is 0.634. The Kier molecular flexibility index (Phi) is 6.52. The fourth-order valence-corrected chi connectivity index (χ4v) is 3.10. The van der Waals surface area contributed by atoms with Crippen molar-refractivity contribution < 1.29 is 0 Å². The van der Waals surface area contributed by atoms with Crippen LogP contribution in [0.5, 0.6) is 0 Å². The van der Waals surface area contributed by atoms with Crippen molar-refractivity contribution in [3.63, 3.8) is 0 Å². The third-order valence-electron chi connectivity index (χ3n) is 4.55. The van der Waals surface area contributed by atoms with Gasteiger partial charge in [-0.2, -0.15) is 0 Å². The Morgan fingerprint density at radius 2 is 2.04 bits per heavy atom. The average molecular weight is 310 g/mol. The van der Waals surface area contributed by atoms with Crippen LogP contribution < -0.4 is 11.1 Å². The average Bonchev–Trinajstić information content (AvgIpc) is 2.60. The lowest BCUT2D eigenvalue weighted by Gasteiger charge is -2.21. The summed E-state index contributed by atoms with van der Waals surface area (Å²) in [4.78, 5) is 0. The van der Waals surface area contributed by atoms with E-state index in [2.05, 4.69) is 62.5 Å². The van der Waals surface area contributed by atoms with Gasteiger partial charge in [0.25, 0.3) is 0 Å². The summed E-state index contributed by atoms with van der Waals surface area (Å²) < 4.78 is 0. The highest BCUT2D eigenvalue weighted by Crippen LogP contribution is 2.26. The number of aryl methyl sites for hydroxylation is 1. The van der Waals surface area contributed by atoms with E-state index in [1.165, 1.54) is 23.3 Å². The van der Waals surface area contributed by atoms with E-state index in [0.29, 0.717) is 5.92 Å². The first-order valence-electron chi connectivity index (χ1n) is 8.91. The molecule has 1 aliphatic rings. The van der Waals surface area contributed by atoms with Crippen LogP contribution in [-0.2, 0) is 6.42 Å². The van der Waals surface area contributed by atoms with Gasteiger partial charge < -0.3 is 11.1 Å². The largest absolute Gasteiger partial charge is 0.397 e. The molecule has 0 heterocycles. The molecule has 2 rings (SSSR count). The monoisotopic (exact) mass is 310 g/mol. The lowest BCUT2D eigenvalue weighted by atomic mass is 9.91. The standard InChI is InChI=1S/C21H30N2/c1-4-9-18-10-7-8-11-19(18)20(22)15-23-21-14-16(5-2)12-13-17(21)6-3/h7-8,10-11,13-16,23H,4-6,9,12,22H2,1-3H3/b20-15-. The normalized spacial score (nSPS) is 18.4. The number of hydrogen-bond donors (Lipinski definition) is 2. The van der Waals surface area contributed by atoms with Crippen LogP contribution >= 0.6 is 0 Å². The molecule has 0 bridgehead atoms. The predicted molar refractivity (Wildman–Crippen MR) is 101 cm³/mol. The molecule has 0 spiro atoms. The molecule has 1 unspecified atom stereocenters. The molecule has 1 aromatic carbocycles. The number of rotatable bonds is 7. The predicted octanol–water partition coefficient (Wildman–Crippen LogP) is 5.14. The van der Waals surface area contributed by atoms with Gasteiger partial charge in [0.15, 0.2) is 0 Å². The molecule has 1 aliphatic carbocycles. The lowest BCUT2D eigenvalue weighted by molar-refractivity contribution is 0.616. The second-order valence-electron chi connectivity index (χ2n) is 6.22. The van der Waals surface area contributed by atoms with E-state index < -0.39 is 0 Å². The van der Waals surface area contributed by atoms with Crippen molar-refractivity contribution >= 4 is 5.70 Å². The van der Waals surface area contributed by atoms with Crippen LogP contribution in [-0.4, -0.2) is 0 Å². The Morgan fingerprint density at radius 1 is 1.26 bits per heavy atom. The van der Waals surface area contributed by atoms with Gasteiger partial charge in [0.05, 0.1) is 5.70 Å². The zero-order valence-corrected chi connectivity index (χ0v) is 14.7. The van der Waals surface area contributed by atoms with Gasteiger partial charge in [-0.1, -0.05) is 63.6 Å². The summed E-state index contributed by atoms with van der Waals surface area (Å²) in [6, 6.07) is 8.42. The molecule has 0 fully saturated rings. The van der Waals surface area contributed by atoms with Crippen LogP contribution in [0.25, 0.3) is 5.70 Å². The lowest BCUT2D eigenvalue weighted by Crippen LogP contribution is -2.15. The van der Waals surface area contributed by atoms with Crippen molar-refractivity contribution in [3.8, 4) is 0 Å². The number of benzene rings is 1. The molecule has 0 radical (unpaired) electrons. The first-order valence-corrected chi connectivity index (χ1v) is 8.91. The number of hydrogen-bond acceptors (Lipinski definition) is 2. The second kappa shape index (κ2) is 8.61. The molecular formula is C21H30N2. The third kappa shape index (κ3) is 4.51. The summed E-state index contributed by atoms with van der Waals surface area (Å²) in [6.45, 7) is 6.65. The van der Waals surface area contributed by atoms with Crippen molar-refractivity contribution in [1.29, 1.82) is 0 Å². The molecule has 0 saturated heterocycles. The van der Waals surface area contributed by atoms with Gasteiger partial charge in [0.2, 0.25) is 0 Å². The molecule has 3 N–H and O–H groups in total. The number of allylic oxidation sites excluding steroid dienone is 3. The third-order valence-corrected chi connectivity index (χ3v) is 4.55. The highest BCUT2D eigenvalue weighted by atomic mass is 14.9. The Bertz CT molecular complexity index is 608.